The van der Waals surface area contributed by atoms with Gasteiger partial charge in [-0.1, -0.05) is 177 Å². The van der Waals surface area contributed by atoms with Gasteiger partial charge in [-0.15, -0.1) is 0 Å². The molecule has 0 saturated heterocycles. The molecule has 0 aliphatic carbocycles. The lowest BCUT2D eigenvalue weighted by atomic mass is 10.1. The Labute approximate surface area is 319 Å². The van der Waals surface area contributed by atoms with Crippen LogP contribution in [0.3, 0.4) is 0 Å². The van der Waals surface area contributed by atoms with Crippen molar-refractivity contribution < 1.29 is 28.6 Å². The molecule has 0 N–H and O–H groups in total. The molecule has 52 heavy (non-hydrogen) atoms. The van der Waals surface area contributed by atoms with E-state index in [9.17, 15) is 14.4 Å². The Bertz CT molecular complexity index is 1020. The summed E-state index contributed by atoms with van der Waals surface area (Å²) in [6.45, 7) is 6.35. The van der Waals surface area contributed by atoms with Gasteiger partial charge in [-0.2, -0.15) is 0 Å². The molecule has 0 rings (SSSR count). The van der Waals surface area contributed by atoms with Gasteiger partial charge in [0.2, 0.25) is 0 Å². The summed E-state index contributed by atoms with van der Waals surface area (Å²) >= 11 is 0. The second-order valence-corrected chi connectivity index (χ2v) is 13.6. The summed E-state index contributed by atoms with van der Waals surface area (Å²) in [6, 6.07) is 0. The lowest BCUT2D eigenvalue weighted by molar-refractivity contribution is -0.167. The third-order valence-corrected chi connectivity index (χ3v) is 8.57. The number of carbonyl (C=O) groups excluding carboxylic acids is 3. The standard InChI is InChI=1S/C46H76O6/c1-4-7-10-13-16-19-21-22-23-24-25-28-30-33-36-39-45(48)51-42-43(41-50-44(47)38-35-32-29-26-18-15-12-9-6-3)52-46(49)40-37-34-31-27-20-17-14-11-8-5-2/h7,10,13,16,19,21-26,29,43H,4-6,8-9,11-12,14-15,17-18,20,27-28,30-42H2,1-3H3/b10-7-,16-13-,21-19-,23-22-,25-24-,29-26-. The molecule has 0 aromatic heterocycles. The monoisotopic (exact) mass is 725 g/mol. The molecule has 0 radical (unpaired) electrons. The van der Waals surface area contributed by atoms with Crippen LogP contribution in [0.25, 0.3) is 0 Å². The minimum Gasteiger partial charge on any atom is -0.462 e. The number of ether oxygens (including phenoxy) is 3. The highest BCUT2D eigenvalue weighted by Crippen LogP contribution is 2.13. The highest BCUT2D eigenvalue weighted by molar-refractivity contribution is 5.71. The van der Waals surface area contributed by atoms with Gasteiger partial charge in [0.05, 0.1) is 0 Å². The van der Waals surface area contributed by atoms with Crippen LogP contribution in [0.4, 0.5) is 0 Å². The number of carbonyl (C=O) groups is 3. The first kappa shape index (κ1) is 48.9. The summed E-state index contributed by atoms with van der Waals surface area (Å²) in [7, 11) is 0. The molecular weight excluding hydrogens is 648 g/mol. The third-order valence-electron chi connectivity index (χ3n) is 8.57. The molecule has 0 fully saturated rings. The largest absolute Gasteiger partial charge is 0.462 e. The zero-order valence-corrected chi connectivity index (χ0v) is 33.5. The van der Waals surface area contributed by atoms with Crippen LogP contribution in [0.15, 0.2) is 72.9 Å². The Kier molecular flexibility index (Phi) is 38.2. The molecule has 0 aromatic carbocycles. The summed E-state index contributed by atoms with van der Waals surface area (Å²) in [5.74, 6) is -0.989. The number of allylic oxidation sites excluding steroid dienone is 12. The number of unbranched alkanes of at least 4 members (excludes halogenated alkanes) is 17. The smallest absolute Gasteiger partial charge is 0.306 e. The molecule has 0 saturated carbocycles. The van der Waals surface area contributed by atoms with Gasteiger partial charge in [-0.25, -0.2) is 0 Å². The normalized spacial score (nSPS) is 12.8. The molecule has 0 aromatic rings. The predicted octanol–water partition coefficient (Wildman–Crippen LogP) is 13.1. The molecule has 6 heteroatoms. The maximum atomic E-state index is 12.6. The van der Waals surface area contributed by atoms with Crippen LogP contribution >= 0.6 is 0 Å². The van der Waals surface area contributed by atoms with Gasteiger partial charge in [-0.05, 0) is 57.8 Å². The van der Waals surface area contributed by atoms with E-state index in [1.54, 1.807) is 0 Å². The molecule has 1 unspecified atom stereocenters. The van der Waals surface area contributed by atoms with Crippen molar-refractivity contribution in [3.05, 3.63) is 72.9 Å². The fourth-order valence-corrected chi connectivity index (χ4v) is 5.41. The van der Waals surface area contributed by atoms with E-state index in [1.807, 2.05) is 48.6 Å². The first-order chi connectivity index (χ1) is 25.5. The summed E-state index contributed by atoms with van der Waals surface area (Å²) in [6.07, 6.45) is 48.9. The Morgan fingerprint density at radius 3 is 1.33 bits per heavy atom. The van der Waals surface area contributed by atoms with Gasteiger partial charge < -0.3 is 14.2 Å². The van der Waals surface area contributed by atoms with Crippen LogP contribution in [-0.4, -0.2) is 37.2 Å². The summed E-state index contributed by atoms with van der Waals surface area (Å²) < 4.78 is 16.6. The maximum Gasteiger partial charge on any atom is 0.306 e. The van der Waals surface area contributed by atoms with Crippen molar-refractivity contribution in [2.24, 2.45) is 0 Å². The first-order valence-electron chi connectivity index (χ1n) is 21.0. The second-order valence-electron chi connectivity index (χ2n) is 13.6. The Morgan fingerprint density at radius 2 is 0.788 bits per heavy atom. The van der Waals surface area contributed by atoms with Crippen molar-refractivity contribution in [1.82, 2.24) is 0 Å². The molecule has 0 aliphatic rings. The lowest BCUT2D eigenvalue weighted by Crippen LogP contribution is -2.30. The van der Waals surface area contributed by atoms with E-state index in [-0.39, 0.29) is 31.1 Å². The van der Waals surface area contributed by atoms with Gasteiger partial charge in [-0.3, -0.25) is 14.4 Å². The van der Waals surface area contributed by atoms with Gasteiger partial charge in [0.15, 0.2) is 6.10 Å². The van der Waals surface area contributed by atoms with Gasteiger partial charge >= 0.3 is 17.9 Å². The van der Waals surface area contributed by atoms with E-state index in [2.05, 4.69) is 45.1 Å². The molecule has 0 aliphatic heterocycles. The molecule has 0 amide bonds. The summed E-state index contributed by atoms with van der Waals surface area (Å²) in [5.41, 5.74) is 0. The molecule has 1 atom stereocenters. The Balaban J connectivity index is 4.48. The number of esters is 3. The average Bonchev–Trinajstić information content (AvgIpc) is 3.14. The third kappa shape index (κ3) is 38.1. The number of hydrogen-bond donors (Lipinski definition) is 0. The molecule has 6 nitrogen and oxygen atoms in total. The Morgan fingerprint density at radius 1 is 0.404 bits per heavy atom. The van der Waals surface area contributed by atoms with E-state index >= 15 is 0 Å². The average molecular weight is 725 g/mol. The van der Waals surface area contributed by atoms with Gasteiger partial charge in [0.25, 0.3) is 0 Å². The second kappa shape index (κ2) is 40.6. The zero-order chi connectivity index (χ0) is 38.0. The number of hydrogen-bond acceptors (Lipinski definition) is 6. The van der Waals surface area contributed by atoms with E-state index in [0.29, 0.717) is 25.7 Å². The highest BCUT2D eigenvalue weighted by atomic mass is 16.6. The molecule has 296 valence electrons. The van der Waals surface area contributed by atoms with Crippen molar-refractivity contribution >= 4 is 17.9 Å². The minimum atomic E-state index is -0.798. The molecule has 0 bridgehead atoms. The van der Waals surface area contributed by atoms with E-state index in [4.69, 9.17) is 14.2 Å². The van der Waals surface area contributed by atoms with E-state index in [0.717, 1.165) is 64.2 Å². The van der Waals surface area contributed by atoms with Crippen molar-refractivity contribution in [3.8, 4) is 0 Å². The van der Waals surface area contributed by atoms with Crippen molar-refractivity contribution in [2.45, 2.75) is 187 Å². The highest BCUT2D eigenvalue weighted by Gasteiger charge is 2.19. The first-order valence-corrected chi connectivity index (χ1v) is 21.0. The topological polar surface area (TPSA) is 78.9 Å². The van der Waals surface area contributed by atoms with Crippen molar-refractivity contribution in [1.29, 1.82) is 0 Å². The quantitative estimate of drug-likeness (QED) is 0.0210. The number of rotatable bonds is 36. The SMILES string of the molecule is CC\C=C/C=C\C=C/C=C\C=C/CCCCCC(=O)OCC(COC(=O)CCC/C=C\CCCCCC)OC(=O)CCCCCCCCCCCC. The molecule has 0 heterocycles. The van der Waals surface area contributed by atoms with E-state index < -0.39 is 6.10 Å². The molecular formula is C46H76O6. The maximum absolute atomic E-state index is 12.6. The Hall–Kier alpha value is -3.15. The van der Waals surface area contributed by atoms with Crippen molar-refractivity contribution in [2.75, 3.05) is 13.2 Å². The van der Waals surface area contributed by atoms with Crippen LogP contribution in [0, 0.1) is 0 Å². The van der Waals surface area contributed by atoms with E-state index in [1.165, 1.54) is 70.6 Å². The molecule has 0 spiro atoms. The van der Waals surface area contributed by atoms with Crippen molar-refractivity contribution in [3.63, 3.8) is 0 Å². The van der Waals surface area contributed by atoms with Gasteiger partial charge in [0, 0.05) is 19.3 Å². The van der Waals surface area contributed by atoms with Crippen LogP contribution < -0.4 is 0 Å². The fourth-order valence-electron chi connectivity index (χ4n) is 5.41. The predicted molar refractivity (Wildman–Crippen MR) is 219 cm³/mol. The van der Waals surface area contributed by atoms with Crippen LogP contribution in [0.1, 0.15) is 181 Å². The summed E-state index contributed by atoms with van der Waals surface area (Å²) in [4.78, 5) is 37.5. The lowest BCUT2D eigenvalue weighted by Gasteiger charge is -2.18. The van der Waals surface area contributed by atoms with Gasteiger partial charge in [0.1, 0.15) is 13.2 Å². The fraction of sp³-hybridized carbons (Fsp3) is 0.674. The minimum absolute atomic E-state index is 0.104. The van der Waals surface area contributed by atoms with Crippen LogP contribution in [-0.2, 0) is 28.6 Å². The van der Waals surface area contributed by atoms with Crippen LogP contribution in [0.2, 0.25) is 0 Å². The van der Waals surface area contributed by atoms with Crippen LogP contribution in [0.5, 0.6) is 0 Å². The summed E-state index contributed by atoms with van der Waals surface area (Å²) in [5, 5.41) is 0. The zero-order valence-electron chi connectivity index (χ0n) is 33.5.